The normalized spacial score (nSPS) is 11.3. The van der Waals surface area contributed by atoms with E-state index in [1.54, 1.807) is 30.3 Å². The van der Waals surface area contributed by atoms with Gasteiger partial charge in [-0.3, -0.25) is 0 Å². The number of aromatic hydroxyl groups is 1. The van der Waals surface area contributed by atoms with Crippen LogP contribution < -0.4 is 10.6 Å². The molecule has 0 atom stereocenters. The number of carbonyl (C=O) groups is 1. The van der Waals surface area contributed by atoms with Crippen molar-refractivity contribution < 1.29 is 23.1 Å². The summed E-state index contributed by atoms with van der Waals surface area (Å²) < 4.78 is 37.6. The standard InChI is InChI=1S/C18H13F3N2O2/c19-18(20,21)12-4-6-13(7-5-12)22-17(25)23-16-3-1-2-11-10-14(24)8-9-15(11)16/h1-10,24H,(H2,22,23,25). The van der Waals surface area contributed by atoms with Crippen LogP contribution >= 0.6 is 0 Å². The van der Waals surface area contributed by atoms with Crippen molar-refractivity contribution >= 4 is 28.2 Å². The summed E-state index contributed by atoms with van der Waals surface area (Å²) in [6, 6.07) is 13.5. The van der Waals surface area contributed by atoms with Crippen LogP contribution in [0.15, 0.2) is 60.7 Å². The maximum Gasteiger partial charge on any atom is 0.416 e. The number of nitrogens with one attached hydrogen (secondary N) is 2. The third-order valence-electron chi connectivity index (χ3n) is 3.58. The predicted molar refractivity (Wildman–Crippen MR) is 89.7 cm³/mol. The van der Waals surface area contributed by atoms with Crippen molar-refractivity contribution in [3.05, 3.63) is 66.2 Å². The van der Waals surface area contributed by atoms with Crippen molar-refractivity contribution in [1.82, 2.24) is 0 Å². The molecule has 0 radical (unpaired) electrons. The van der Waals surface area contributed by atoms with Crippen molar-refractivity contribution in [2.24, 2.45) is 0 Å². The van der Waals surface area contributed by atoms with Crippen LogP contribution in [0.1, 0.15) is 5.56 Å². The Morgan fingerprint density at radius 3 is 2.32 bits per heavy atom. The monoisotopic (exact) mass is 346 g/mol. The highest BCUT2D eigenvalue weighted by atomic mass is 19.4. The van der Waals surface area contributed by atoms with Gasteiger partial charge in [-0.25, -0.2) is 4.79 Å². The molecule has 0 aromatic heterocycles. The summed E-state index contributed by atoms with van der Waals surface area (Å²) in [4.78, 5) is 12.1. The number of benzene rings is 3. The largest absolute Gasteiger partial charge is 0.508 e. The molecule has 0 aliphatic rings. The topological polar surface area (TPSA) is 61.4 Å². The lowest BCUT2D eigenvalue weighted by Gasteiger charge is -2.11. The van der Waals surface area contributed by atoms with Gasteiger partial charge in [-0.2, -0.15) is 13.2 Å². The van der Waals surface area contributed by atoms with E-state index in [0.717, 1.165) is 22.9 Å². The molecule has 3 aromatic carbocycles. The molecule has 3 N–H and O–H groups in total. The summed E-state index contributed by atoms with van der Waals surface area (Å²) in [5.74, 6) is 0.110. The molecule has 0 heterocycles. The van der Waals surface area contributed by atoms with Crippen molar-refractivity contribution in [3.63, 3.8) is 0 Å². The molecule has 25 heavy (non-hydrogen) atoms. The van der Waals surface area contributed by atoms with Crippen LogP contribution in [-0.2, 0) is 6.18 Å². The number of halogens is 3. The molecule has 0 aliphatic heterocycles. The van der Waals surface area contributed by atoms with Gasteiger partial charge in [-0.15, -0.1) is 0 Å². The minimum atomic E-state index is -4.42. The van der Waals surface area contributed by atoms with Gasteiger partial charge in [0.25, 0.3) is 0 Å². The summed E-state index contributed by atoms with van der Waals surface area (Å²) in [6.45, 7) is 0. The number of amides is 2. The van der Waals surface area contributed by atoms with Crippen LogP contribution in [-0.4, -0.2) is 11.1 Å². The summed E-state index contributed by atoms with van der Waals surface area (Å²) in [6.07, 6.45) is -4.42. The second-order valence-electron chi connectivity index (χ2n) is 5.37. The van der Waals surface area contributed by atoms with E-state index in [1.165, 1.54) is 18.2 Å². The van der Waals surface area contributed by atoms with Gasteiger partial charge in [0.05, 0.1) is 11.3 Å². The van der Waals surface area contributed by atoms with E-state index in [1.807, 2.05) is 0 Å². The second kappa shape index (κ2) is 6.35. The first-order chi connectivity index (χ1) is 11.8. The van der Waals surface area contributed by atoms with Crippen LogP contribution in [0.3, 0.4) is 0 Å². The van der Waals surface area contributed by atoms with Crippen LogP contribution in [0.25, 0.3) is 10.8 Å². The highest BCUT2D eigenvalue weighted by Gasteiger charge is 2.29. The summed E-state index contributed by atoms with van der Waals surface area (Å²) in [7, 11) is 0. The zero-order valence-electron chi connectivity index (χ0n) is 12.8. The van der Waals surface area contributed by atoms with E-state index in [9.17, 15) is 23.1 Å². The molecule has 0 spiro atoms. The maximum absolute atomic E-state index is 12.5. The van der Waals surface area contributed by atoms with Crippen LogP contribution in [0.4, 0.5) is 29.3 Å². The molecule has 128 valence electrons. The molecule has 0 unspecified atom stereocenters. The highest BCUT2D eigenvalue weighted by Crippen LogP contribution is 2.30. The fraction of sp³-hybridized carbons (Fsp3) is 0.0556. The van der Waals surface area contributed by atoms with Gasteiger partial charge in [-0.1, -0.05) is 12.1 Å². The Hall–Kier alpha value is -3.22. The zero-order chi connectivity index (χ0) is 18.0. The minimum Gasteiger partial charge on any atom is -0.508 e. The quantitative estimate of drug-likeness (QED) is 0.597. The molecule has 2 amide bonds. The SMILES string of the molecule is O=C(Nc1ccc(C(F)(F)F)cc1)Nc1cccc2cc(O)ccc12. The zero-order valence-corrected chi connectivity index (χ0v) is 12.8. The van der Waals surface area contributed by atoms with Crippen molar-refractivity contribution in [1.29, 1.82) is 0 Å². The number of hydrogen-bond acceptors (Lipinski definition) is 2. The van der Waals surface area contributed by atoms with E-state index in [0.29, 0.717) is 5.69 Å². The number of fused-ring (bicyclic) bond motifs is 1. The number of phenols is 1. The van der Waals surface area contributed by atoms with Gasteiger partial charge in [0, 0.05) is 11.1 Å². The number of anilines is 2. The number of phenolic OH excluding ortho intramolecular Hbond substituents is 1. The Kier molecular flexibility index (Phi) is 4.22. The summed E-state index contributed by atoms with van der Waals surface area (Å²) in [5.41, 5.74) is -0.0300. The number of hydrogen-bond donors (Lipinski definition) is 3. The first-order valence-corrected chi connectivity index (χ1v) is 7.30. The van der Waals surface area contributed by atoms with Crippen molar-refractivity contribution in [2.75, 3.05) is 10.6 Å². The molecule has 4 nitrogen and oxygen atoms in total. The molecule has 3 aromatic rings. The molecule has 7 heteroatoms. The van der Waals surface area contributed by atoms with Gasteiger partial charge < -0.3 is 15.7 Å². The lowest BCUT2D eigenvalue weighted by atomic mass is 10.1. The molecular weight excluding hydrogens is 333 g/mol. The Bertz CT molecular complexity index is 922. The van der Waals surface area contributed by atoms with E-state index in [4.69, 9.17) is 0 Å². The fourth-order valence-corrected chi connectivity index (χ4v) is 2.41. The highest BCUT2D eigenvalue weighted by molar-refractivity contribution is 6.06. The Balaban J connectivity index is 1.75. The van der Waals surface area contributed by atoms with Crippen molar-refractivity contribution in [2.45, 2.75) is 6.18 Å². The lowest BCUT2D eigenvalue weighted by Crippen LogP contribution is -2.19. The fourth-order valence-electron chi connectivity index (χ4n) is 2.41. The Labute approximate surface area is 140 Å². The third kappa shape index (κ3) is 3.82. The first kappa shape index (κ1) is 16.6. The van der Waals surface area contributed by atoms with Crippen LogP contribution in [0, 0.1) is 0 Å². The number of rotatable bonds is 2. The average Bonchev–Trinajstić information content (AvgIpc) is 2.54. The Morgan fingerprint density at radius 1 is 0.920 bits per heavy atom. The molecule has 3 rings (SSSR count). The molecular formula is C18H13F3N2O2. The van der Waals surface area contributed by atoms with Gasteiger partial charge in [0.2, 0.25) is 0 Å². The van der Waals surface area contributed by atoms with Gasteiger partial charge in [-0.05, 0) is 53.9 Å². The third-order valence-corrected chi connectivity index (χ3v) is 3.58. The summed E-state index contributed by atoms with van der Waals surface area (Å²) >= 11 is 0. The smallest absolute Gasteiger partial charge is 0.416 e. The molecule has 0 aliphatic carbocycles. The van der Waals surface area contributed by atoms with E-state index in [-0.39, 0.29) is 11.4 Å². The summed E-state index contributed by atoms with van der Waals surface area (Å²) in [5, 5.41) is 16.1. The molecule has 0 fully saturated rings. The number of carbonyl (C=O) groups excluding carboxylic acids is 1. The number of alkyl halides is 3. The number of urea groups is 1. The van der Waals surface area contributed by atoms with E-state index in [2.05, 4.69) is 10.6 Å². The minimum absolute atomic E-state index is 0.110. The van der Waals surface area contributed by atoms with Crippen LogP contribution in [0.2, 0.25) is 0 Å². The van der Waals surface area contributed by atoms with Gasteiger partial charge in [0.15, 0.2) is 0 Å². The van der Waals surface area contributed by atoms with E-state index < -0.39 is 17.8 Å². The van der Waals surface area contributed by atoms with E-state index >= 15 is 0 Å². The van der Waals surface area contributed by atoms with Crippen LogP contribution in [0.5, 0.6) is 5.75 Å². The molecule has 0 saturated carbocycles. The lowest BCUT2D eigenvalue weighted by molar-refractivity contribution is -0.137. The van der Waals surface area contributed by atoms with Gasteiger partial charge in [0.1, 0.15) is 5.75 Å². The van der Waals surface area contributed by atoms with Gasteiger partial charge >= 0.3 is 12.2 Å². The molecule has 0 bridgehead atoms. The first-order valence-electron chi connectivity index (χ1n) is 7.30. The average molecular weight is 346 g/mol. The second-order valence-corrected chi connectivity index (χ2v) is 5.37. The predicted octanol–water partition coefficient (Wildman–Crippen LogP) is 5.21. The maximum atomic E-state index is 12.5. The molecule has 0 saturated heterocycles. The Morgan fingerprint density at radius 2 is 1.64 bits per heavy atom. The van der Waals surface area contributed by atoms with Crippen molar-refractivity contribution in [3.8, 4) is 5.75 Å².